The molecule has 1 saturated heterocycles. The summed E-state index contributed by atoms with van der Waals surface area (Å²) < 4.78 is 5.97. The molecule has 1 fully saturated rings. The van der Waals surface area contributed by atoms with Crippen LogP contribution in [0.15, 0.2) is 48.7 Å². The lowest BCUT2D eigenvalue weighted by Crippen LogP contribution is -2.46. The van der Waals surface area contributed by atoms with E-state index in [1.54, 1.807) is 0 Å². The first-order valence-electron chi connectivity index (χ1n) is 7.89. The van der Waals surface area contributed by atoms with Gasteiger partial charge in [-0.25, -0.2) is 4.98 Å². The van der Waals surface area contributed by atoms with Crippen LogP contribution in [-0.4, -0.2) is 30.7 Å². The molecule has 0 saturated carbocycles. The number of nitrogens with zero attached hydrogens (tertiary/aromatic N) is 2. The number of ether oxygens (including phenoxy) is 1. The number of aromatic nitrogens is 1. The van der Waals surface area contributed by atoms with E-state index in [9.17, 15) is 0 Å². The van der Waals surface area contributed by atoms with E-state index in [2.05, 4.69) is 53.3 Å². The second kappa shape index (κ2) is 6.79. The minimum atomic E-state index is 0.177. The molecule has 0 unspecified atom stereocenters. The third-order valence-corrected chi connectivity index (χ3v) is 3.81. The van der Waals surface area contributed by atoms with Crippen molar-refractivity contribution in [2.24, 2.45) is 0 Å². The molecule has 1 N–H and O–H groups in total. The van der Waals surface area contributed by atoms with Crippen molar-refractivity contribution in [1.29, 1.82) is 0 Å². The average molecular weight is 297 g/mol. The Bertz CT molecular complexity index is 600. The largest absolute Gasteiger partial charge is 0.491 e. The van der Waals surface area contributed by atoms with Crippen LogP contribution in [0.25, 0.3) is 0 Å². The second-order valence-electron chi connectivity index (χ2n) is 5.85. The Morgan fingerprint density at radius 3 is 2.77 bits per heavy atom. The van der Waals surface area contributed by atoms with Crippen molar-refractivity contribution in [3.63, 3.8) is 0 Å². The van der Waals surface area contributed by atoms with Gasteiger partial charge < -0.3 is 15.0 Å². The Morgan fingerprint density at radius 1 is 1.18 bits per heavy atom. The quantitative estimate of drug-likeness (QED) is 0.941. The normalized spacial score (nSPS) is 18.5. The molecule has 3 rings (SSSR count). The number of benzene rings is 1. The average Bonchev–Trinajstić information content (AvgIpc) is 2.56. The fourth-order valence-electron chi connectivity index (χ4n) is 2.84. The monoisotopic (exact) mass is 297 g/mol. The van der Waals surface area contributed by atoms with Crippen LogP contribution in [0.2, 0.25) is 0 Å². The van der Waals surface area contributed by atoms with Crippen molar-refractivity contribution in [3.8, 4) is 5.75 Å². The Balaban J connectivity index is 1.80. The van der Waals surface area contributed by atoms with Crippen LogP contribution >= 0.6 is 0 Å². The number of hydrogen-bond acceptors (Lipinski definition) is 4. The Labute approximate surface area is 132 Å². The van der Waals surface area contributed by atoms with Crippen LogP contribution < -0.4 is 15.0 Å². The molecule has 0 bridgehead atoms. The number of pyridine rings is 1. The topological polar surface area (TPSA) is 37.4 Å². The Hall–Kier alpha value is -2.07. The molecule has 0 spiro atoms. The lowest BCUT2D eigenvalue weighted by molar-refractivity contribution is 0.237. The number of anilines is 1. The number of rotatable bonds is 4. The molecule has 1 aliphatic rings. The van der Waals surface area contributed by atoms with E-state index in [-0.39, 0.29) is 12.1 Å². The van der Waals surface area contributed by atoms with Gasteiger partial charge in [-0.2, -0.15) is 0 Å². The maximum absolute atomic E-state index is 5.97. The summed E-state index contributed by atoms with van der Waals surface area (Å²) in [6.45, 7) is 6.93. The van der Waals surface area contributed by atoms with Crippen molar-refractivity contribution >= 4 is 5.82 Å². The molecule has 0 aliphatic carbocycles. The molecule has 22 heavy (non-hydrogen) atoms. The van der Waals surface area contributed by atoms with E-state index >= 15 is 0 Å². The minimum Gasteiger partial charge on any atom is -0.491 e. The van der Waals surface area contributed by atoms with Crippen LogP contribution in [0.5, 0.6) is 5.75 Å². The van der Waals surface area contributed by atoms with Gasteiger partial charge in [-0.1, -0.05) is 24.3 Å². The van der Waals surface area contributed by atoms with Gasteiger partial charge in [0.15, 0.2) is 0 Å². The number of hydrogen-bond donors (Lipinski definition) is 1. The predicted molar refractivity (Wildman–Crippen MR) is 89.4 cm³/mol. The van der Waals surface area contributed by atoms with Crippen LogP contribution in [0.1, 0.15) is 25.5 Å². The standard InChI is InChI=1S/C18H23N3O/c1-14(2)22-17-8-4-3-7-15(17)16-13-21(12-11-19-16)18-9-5-6-10-20-18/h3-10,14,16,19H,11-13H2,1-2H3/t16-/m0/s1. The predicted octanol–water partition coefficient (Wildman–Crippen LogP) is 3.02. The first kappa shape index (κ1) is 14.9. The minimum absolute atomic E-state index is 0.177. The molecule has 2 heterocycles. The van der Waals surface area contributed by atoms with E-state index < -0.39 is 0 Å². The van der Waals surface area contributed by atoms with E-state index in [4.69, 9.17) is 4.74 Å². The maximum Gasteiger partial charge on any atom is 0.128 e. The van der Waals surface area contributed by atoms with Crippen LogP contribution in [-0.2, 0) is 0 Å². The smallest absolute Gasteiger partial charge is 0.128 e. The summed E-state index contributed by atoms with van der Waals surface area (Å²) in [5.41, 5.74) is 1.22. The third kappa shape index (κ3) is 3.39. The molecule has 1 aromatic heterocycles. The molecule has 1 atom stereocenters. The van der Waals surface area contributed by atoms with Crippen molar-refractivity contribution in [1.82, 2.24) is 10.3 Å². The van der Waals surface area contributed by atoms with E-state index in [1.807, 2.05) is 24.4 Å². The highest BCUT2D eigenvalue weighted by molar-refractivity contribution is 5.42. The zero-order valence-electron chi connectivity index (χ0n) is 13.2. The number of nitrogens with one attached hydrogen (secondary N) is 1. The molecule has 0 amide bonds. The highest BCUT2D eigenvalue weighted by Gasteiger charge is 2.24. The number of para-hydroxylation sites is 1. The van der Waals surface area contributed by atoms with Gasteiger partial charge in [0.2, 0.25) is 0 Å². The summed E-state index contributed by atoms with van der Waals surface area (Å²) in [5.74, 6) is 2.01. The third-order valence-electron chi connectivity index (χ3n) is 3.81. The first-order chi connectivity index (χ1) is 10.7. The fraction of sp³-hybridized carbons (Fsp3) is 0.389. The lowest BCUT2D eigenvalue weighted by atomic mass is 10.0. The summed E-state index contributed by atoms with van der Waals surface area (Å²) in [4.78, 5) is 6.79. The molecule has 0 radical (unpaired) electrons. The Morgan fingerprint density at radius 2 is 2.00 bits per heavy atom. The molecule has 4 heteroatoms. The van der Waals surface area contributed by atoms with Gasteiger partial charge in [0, 0.05) is 31.4 Å². The van der Waals surface area contributed by atoms with Crippen LogP contribution in [0, 0.1) is 0 Å². The van der Waals surface area contributed by atoms with Gasteiger partial charge in [0.25, 0.3) is 0 Å². The van der Waals surface area contributed by atoms with E-state index in [0.717, 1.165) is 31.2 Å². The zero-order chi connectivity index (χ0) is 15.4. The van der Waals surface area contributed by atoms with E-state index in [0.29, 0.717) is 0 Å². The molecule has 4 nitrogen and oxygen atoms in total. The van der Waals surface area contributed by atoms with Gasteiger partial charge in [0.05, 0.1) is 12.1 Å². The molecular formula is C18H23N3O. The van der Waals surface area contributed by atoms with Crippen molar-refractivity contribution in [2.45, 2.75) is 26.0 Å². The Kier molecular flexibility index (Phi) is 4.59. The molecule has 116 valence electrons. The van der Waals surface area contributed by atoms with Crippen LogP contribution in [0.3, 0.4) is 0 Å². The van der Waals surface area contributed by atoms with Gasteiger partial charge in [-0.15, -0.1) is 0 Å². The highest BCUT2D eigenvalue weighted by atomic mass is 16.5. The fourth-order valence-corrected chi connectivity index (χ4v) is 2.84. The van der Waals surface area contributed by atoms with Gasteiger partial charge in [-0.05, 0) is 32.0 Å². The van der Waals surface area contributed by atoms with Gasteiger partial charge in [0.1, 0.15) is 11.6 Å². The SMILES string of the molecule is CC(C)Oc1ccccc1[C@@H]1CN(c2ccccn2)CCN1. The van der Waals surface area contributed by atoms with Crippen molar-refractivity contribution < 1.29 is 4.74 Å². The van der Waals surface area contributed by atoms with Crippen molar-refractivity contribution in [3.05, 3.63) is 54.2 Å². The first-order valence-corrected chi connectivity index (χ1v) is 7.89. The summed E-state index contributed by atoms with van der Waals surface area (Å²) >= 11 is 0. The lowest BCUT2D eigenvalue weighted by Gasteiger charge is -2.35. The van der Waals surface area contributed by atoms with Gasteiger partial charge in [-0.3, -0.25) is 0 Å². The summed E-state index contributed by atoms with van der Waals surface area (Å²) in [5, 5.41) is 3.60. The van der Waals surface area contributed by atoms with E-state index in [1.165, 1.54) is 5.56 Å². The second-order valence-corrected chi connectivity index (χ2v) is 5.85. The van der Waals surface area contributed by atoms with Gasteiger partial charge >= 0.3 is 0 Å². The number of piperazine rings is 1. The highest BCUT2D eigenvalue weighted by Crippen LogP contribution is 2.29. The molecule has 1 aromatic carbocycles. The van der Waals surface area contributed by atoms with Crippen molar-refractivity contribution in [2.75, 3.05) is 24.5 Å². The zero-order valence-corrected chi connectivity index (χ0v) is 13.2. The molecule has 1 aliphatic heterocycles. The molecule has 2 aromatic rings. The maximum atomic E-state index is 5.97. The summed E-state index contributed by atoms with van der Waals surface area (Å²) in [6.07, 6.45) is 2.03. The van der Waals surface area contributed by atoms with Crippen LogP contribution in [0.4, 0.5) is 5.82 Å². The molecular weight excluding hydrogens is 274 g/mol. The summed E-state index contributed by atoms with van der Waals surface area (Å²) in [7, 11) is 0. The summed E-state index contributed by atoms with van der Waals surface area (Å²) in [6, 6.07) is 14.6.